The fraction of sp³-hybridized carbons (Fsp3) is 0.762. The minimum absolute atomic E-state index is 0.429. The molecule has 3 heterocycles. The molecule has 5 nitrogen and oxygen atoms in total. The Kier molecular flexibility index (Phi) is 8.91. The Hall–Kier alpha value is -1.11. The normalized spacial score (nSPS) is 20.3. The van der Waals surface area contributed by atoms with Gasteiger partial charge in [0.25, 0.3) is 0 Å². The Bertz CT molecular complexity index is 533. The zero-order valence-electron chi connectivity index (χ0n) is 17.0. The lowest BCUT2D eigenvalue weighted by atomic mass is 10.2. The molecular weight excluding hydrogens is 354 g/mol. The highest BCUT2D eigenvalue weighted by molar-refractivity contribution is 7.10. The standard InChI is InChI=1S/C21H37N5S/c1-2-22-21(23-11-3-4-12-25-13-5-6-14-25)24-18-19(20-10-9-17-27-20)26-15-7-8-16-26/h9-10,17,19H,2-8,11-16,18H2,1H3,(H2,22,23,24). The van der Waals surface area contributed by atoms with E-state index < -0.39 is 0 Å². The van der Waals surface area contributed by atoms with Crippen molar-refractivity contribution in [3.05, 3.63) is 22.4 Å². The highest BCUT2D eigenvalue weighted by Crippen LogP contribution is 2.28. The minimum Gasteiger partial charge on any atom is -0.357 e. The van der Waals surface area contributed by atoms with Crippen LogP contribution in [-0.2, 0) is 0 Å². The van der Waals surface area contributed by atoms with Crippen LogP contribution in [0.4, 0.5) is 0 Å². The highest BCUT2D eigenvalue weighted by Gasteiger charge is 2.24. The molecule has 2 aliphatic rings. The van der Waals surface area contributed by atoms with Crippen molar-refractivity contribution >= 4 is 17.3 Å². The van der Waals surface area contributed by atoms with Crippen molar-refractivity contribution < 1.29 is 0 Å². The molecule has 0 aliphatic carbocycles. The zero-order chi connectivity index (χ0) is 18.7. The van der Waals surface area contributed by atoms with Gasteiger partial charge in [-0.2, -0.15) is 0 Å². The fourth-order valence-corrected chi connectivity index (χ4v) is 4.96. The van der Waals surface area contributed by atoms with Gasteiger partial charge in [-0.3, -0.25) is 9.89 Å². The predicted molar refractivity (Wildman–Crippen MR) is 117 cm³/mol. The number of hydrogen-bond donors (Lipinski definition) is 2. The van der Waals surface area contributed by atoms with Crippen LogP contribution in [0, 0.1) is 0 Å². The third-order valence-electron chi connectivity index (χ3n) is 5.61. The van der Waals surface area contributed by atoms with E-state index in [0.29, 0.717) is 6.04 Å². The van der Waals surface area contributed by atoms with E-state index in [1.54, 1.807) is 0 Å². The first-order valence-corrected chi connectivity index (χ1v) is 11.8. The largest absolute Gasteiger partial charge is 0.357 e. The highest BCUT2D eigenvalue weighted by atomic mass is 32.1. The number of likely N-dealkylation sites (tertiary alicyclic amines) is 2. The Morgan fingerprint density at radius 2 is 1.89 bits per heavy atom. The van der Waals surface area contributed by atoms with E-state index in [1.165, 1.54) is 76.1 Å². The van der Waals surface area contributed by atoms with E-state index >= 15 is 0 Å². The predicted octanol–water partition coefficient (Wildman–Crippen LogP) is 3.32. The van der Waals surface area contributed by atoms with Crippen LogP contribution in [0.25, 0.3) is 0 Å². The third kappa shape index (κ3) is 6.77. The van der Waals surface area contributed by atoms with Crippen LogP contribution in [0.5, 0.6) is 0 Å². The van der Waals surface area contributed by atoms with Crippen molar-refractivity contribution in [2.75, 3.05) is 52.4 Å². The van der Waals surface area contributed by atoms with Gasteiger partial charge in [0.2, 0.25) is 0 Å². The Balaban J connectivity index is 1.45. The van der Waals surface area contributed by atoms with E-state index in [0.717, 1.165) is 25.6 Å². The van der Waals surface area contributed by atoms with Crippen molar-refractivity contribution in [2.45, 2.75) is 51.5 Å². The van der Waals surface area contributed by atoms with Crippen molar-refractivity contribution in [1.82, 2.24) is 20.4 Å². The molecule has 0 amide bonds. The average molecular weight is 392 g/mol. The first kappa shape index (κ1) is 20.6. The maximum absolute atomic E-state index is 4.94. The van der Waals surface area contributed by atoms with E-state index in [9.17, 15) is 0 Å². The van der Waals surface area contributed by atoms with E-state index in [4.69, 9.17) is 4.99 Å². The molecule has 152 valence electrons. The molecule has 1 atom stereocenters. The smallest absolute Gasteiger partial charge is 0.191 e. The lowest BCUT2D eigenvalue weighted by Crippen LogP contribution is -2.39. The second kappa shape index (κ2) is 11.7. The summed E-state index contributed by atoms with van der Waals surface area (Å²) >= 11 is 1.86. The molecule has 0 saturated carbocycles. The molecule has 0 aromatic carbocycles. The summed E-state index contributed by atoms with van der Waals surface area (Å²) in [6.07, 6.45) is 7.90. The van der Waals surface area contributed by atoms with Crippen LogP contribution in [0.1, 0.15) is 56.4 Å². The van der Waals surface area contributed by atoms with Gasteiger partial charge >= 0.3 is 0 Å². The zero-order valence-corrected chi connectivity index (χ0v) is 17.8. The van der Waals surface area contributed by atoms with Crippen LogP contribution in [0.3, 0.4) is 0 Å². The van der Waals surface area contributed by atoms with Gasteiger partial charge in [-0.1, -0.05) is 6.07 Å². The van der Waals surface area contributed by atoms with Crippen molar-refractivity contribution in [2.24, 2.45) is 4.99 Å². The number of thiophene rings is 1. The van der Waals surface area contributed by atoms with Gasteiger partial charge in [0.1, 0.15) is 0 Å². The molecule has 0 spiro atoms. The van der Waals surface area contributed by atoms with Gasteiger partial charge in [-0.15, -0.1) is 11.3 Å². The molecule has 1 aromatic rings. The Morgan fingerprint density at radius 3 is 2.59 bits per heavy atom. The van der Waals surface area contributed by atoms with Gasteiger partial charge in [0.05, 0.1) is 12.6 Å². The molecule has 6 heteroatoms. The summed E-state index contributed by atoms with van der Waals surface area (Å²) in [6, 6.07) is 4.86. The van der Waals surface area contributed by atoms with Crippen LogP contribution in [-0.4, -0.2) is 68.1 Å². The van der Waals surface area contributed by atoms with Crippen molar-refractivity contribution in [1.29, 1.82) is 0 Å². The molecule has 1 unspecified atom stereocenters. The minimum atomic E-state index is 0.429. The second-order valence-corrected chi connectivity index (χ2v) is 8.66. The lowest BCUT2D eigenvalue weighted by molar-refractivity contribution is 0.255. The van der Waals surface area contributed by atoms with Crippen LogP contribution in [0.15, 0.2) is 22.5 Å². The summed E-state index contributed by atoms with van der Waals surface area (Å²) in [5, 5.41) is 9.15. The van der Waals surface area contributed by atoms with Gasteiger partial charge < -0.3 is 15.5 Å². The van der Waals surface area contributed by atoms with Gasteiger partial charge in [-0.05, 0) is 89.6 Å². The Labute approximate surface area is 169 Å². The van der Waals surface area contributed by atoms with Gasteiger partial charge in [0.15, 0.2) is 5.96 Å². The van der Waals surface area contributed by atoms with E-state index in [1.807, 2.05) is 11.3 Å². The monoisotopic (exact) mass is 391 g/mol. The molecular formula is C21H37N5S. The van der Waals surface area contributed by atoms with Gasteiger partial charge in [-0.25, -0.2) is 0 Å². The van der Waals surface area contributed by atoms with Gasteiger partial charge in [0, 0.05) is 18.0 Å². The summed E-state index contributed by atoms with van der Waals surface area (Å²) < 4.78 is 0. The van der Waals surface area contributed by atoms with E-state index in [2.05, 4.69) is 44.9 Å². The molecule has 2 saturated heterocycles. The number of aliphatic imine (C=N–C) groups is 1. The first-order chi connectivity index (χ1) is 13.4. The number of guanidine groups is 1. The summed E-state index contributed by atoms with van der Waals surface area (Å²) in [6.45, 7) is 11.2. The van der Waals surface area contributed by atoms with Crippen LogP contribution < -0.4 is 10.6 Å². The number of hydrogen-bond acceptors (Lipinski definition) is 4. The molecule has 3 rings (SSSR count). The molecule has 2 N–H and O–H groups in total. The Morgan fingerprint density at radius 1 is 1.11 bits per heavy atom. The lowest BCUT2D eigenvalue weighted by Gasteiger charge is -2.25. The molecule has 2 fully saturated rings. The van der Waals surface area contributed by atoms with Crippen molar-refractivity contribution in [3.8, 4) is 0 Å². The number of nitrogens with one attached hydrogen (secondary N) is 2. The molecule has 0 bridgehead atoms. The summed E-state index contributed by atoms with van der Waals surface area (Å²) in [7, 11) is 0. The quantitative estimate of drug-likeness (QED) is 0.365. The maximum atomic E-state index is 4.94. The van der Waals surface area contributed by atoms with E-state index in [-0.39, 0.29) is 0 Å². The summed E-state index contributed by atoms with van der Waals surface area (Å²) in [5.41, 5.74) is 0. The maximum Gasteiger partial charge on any atom is 0.191 e. The van der Waals surface area contributed by atoms with Crippen molar-refractivity contribution in [3.63, 3.8) is 0 Å². The first-order valence-electron chi connectivity index (χ1n) is 10.9. The summed E-state index contributed by atoms with van der Waals surface area (Å²) in [4.78, 5) is 11.6. The SMILES string of the molecule is CCNC(=NCC(c1cccs1)N1CCCC1)NCCCCN1CCCC1. The fourth-order valence-electron chi connectivity index (χ4n) is 4.11. The molecule has 2 aliphatic heterocycles. The average Bonchev–Trinajstić information content (AvgIpc) is 3.44. The topological polar surface area (TPSA) is 42.9 Å². The summed E-state index contributed by atoms with van der Waals surface area (Å²) in [5.74, 6) is 0.972. The van der Waals surface area contributed by atoms with Crippen LogP contribution >= 0.6 is 11.3 Å². The molecule has 27 heavy (non-hydrogen) atoms. The second-order valence-electron chi connectivity index (χ2n) is 7.68. The third-order valence-corrected chi connectivity index (χ3v) is 6.59. The van der Waals surface area contributed by atoms with Crippen LogP contribution in [0.2, 0.25) is 0 Å². The number of nitrogens with zero attached hydrogens (tertiary/aromatic N) is 3. The molecule has 0 radical (unpaired) electrons. The number of unbranched alkanes of at least 4 members (excludes halogenated alkanes) is 1. The number of rotatable bonds is 10. The molecule has 1 aromatic heterocycles.